The lowest BCUT2D eigenvalue weighted by molar-refractivity contribution is 0.0517. The van der Waals surface area contributed by atoms with Gasteiger partial charge in [0.1, 0.15) is 5.60 Å². The summed E-state index contributed by atoms with van der Waals surface area (Å²) in [6, 6.07) is 4.82. The van der Waals surface area contributed by atoms with Gasteiger partial charge < -0.3 is 20.5 Å². The predicted molar refractivity (Wildman–Crippen MR) is 92.5 cm³/mol. The molecule has 0 aromatic heterocycles. The van der Waals surface area contributed by atoms with Crippen LogP contribution in [0, 0.1) is 11.8 Å². The Bertz CT molecular complexity index is 651. The largest absolute Gasteiger partial charge is 0.462 e. The number of hydrogen-bond donors (Lipinski definition) is 2. The minimum Gasteiger partial charge on any atom is -0.462 e. The molecule has 3 N–H and O–H groups in total. The molecule has 1 amide bonds. The summed E-state index contributed by atoms with van der Waals surface area (Å²) in [6.45, 7) is 7.80. The van der Waals surface area contributed by atoms with Gasteiger partial charge in [-0.1, -0.05) is 11.8 Å². The molecule has 0 saturated carbocycles. The SMILES string of the molecule is CCOC(=O)c1ccc(N)c(C#CCCNC(=O)OC(C)(C)C)c1. The molecular formula is C18H24N2O4. The lowest BCUT2D eigenvalue weighted by atomic mass is 10.1. The number of esters is 1. The number of nitrogen functional groups attached to an aromatic ring is 1. The maximum Gasteiger partial charge on any atom is 0.407 e. The van der Waals surface area contributed by atoms with Crippen molar-refractivity contribution in [2.24, 2.45) is 0 Å². The van der Waals surface area contributed by atoms with E-state index in [-0.39, 0.29) is 0 Å². The number of anilines is 1. The zero-order valence-corrected chi connectivity index (χ0v) is 14.6. The predicted octanol–water partition coefficient (Wildman–Crippen LogP) is 2.71. The molecule has 1 aromatic rings. The van der Waals surface area contributed by atoms with E-state index >= 15 is 0 Å². The minimum absolute atomic E-state index is 0.306. The van der Waals surface area contributed by atoms with Gasteiger partial charge in [-0.15, -0.1) is 0 Å². The lowest BCUT2D eigenvalue weighted by Crippen LogP contribution is -2.32. The molecule has 130 valence electrons. The Morgan fingerprint density at radius 1 is 1.29 bits per heavy atom. The molecule has 6 nitrogen and oxygen atoms in total. The van der Waals surface area contributed by atoms with Crippen LogP contribution in [0.25, 0.3) is 0 Å². The van der Waals surface area contributed by atoms with E-state index in [1.807, 2.05) is 0 Å². The highest BCUT2D eigenvalue weighted by molar-refractivity contribution is 5.90. The third-order valence-corrected chi connectivity index (χ3v) is 2.71. The van der Waals surface area contributed by atoms with E-state index < -0.39 is 17.7 Å². The van der Waals surface area contributed by atoms with E-state index in [4.69, 9.17) is 15.2 Å². The summed E-state index contributed by atoms with van der Waals surface area (Å²) >= 11 is 0. The van der Waals surface area contributed by atoms with Crippen LogP contribution in [0.5, 0.6) is 0 Å². The summed E-state index contributed by atoms with van der Waals surface area (Å²) in [5, 5.41) is 2.62. The first-order valence-corrected chi connectivity index (χ1v) is 7.75. The normalized spacial score (nSPS) is 10.3. The van der Waals surface area contributed by atoms with Crippen LogP contribution in [-0.4, -0.2) is 30.8 Å². The van der Waals surface area contributed by atoms with Crippen molar-refractivity contribution in [2.45, 2.75) is 39.7 Å². The Morgan fingerprint density at radius 2 is 2.00 bits per heavy atom. The van der Waals surface area contributed by atoms with Gasteiger partial charge in [-0.3, -0.25) is 0 Å². The molecule has 0 bridgehead atoms. The van der Waals surface area contributed by atoms with Crippen LogP contribution in [0.1, 0.15) is 50.0 Å². The Kier molecular flexibility index (Phi) is 7.12. The summed E-state index contributed by atoms with van der Waals surface area (Å²) in [6.07, 6.45) is -0.0457. The van der Waals surface area contributed by atoms with E-state index in [0.29, 0.717) is 36.4 Å². The van der Waals surface area contributed by atoms with Crippen molar-refractivity contribution in [2.75, 3.05) is 18.9 Å². The summed E-state index contributed by atoms with van der Waals surface area (Å²) < 4.78 is 10.1. The van der Waals surface area contributed by atoms with Gasteiger partial charge in [0.05, 0.1) is 12.2 Å². The van der Waals surface area contributed by atoms with Crippen LogP contribution in [0.2, 0.25) is 0 Å². The molecule has 0 aliphatic rings. The number of nitrogens with two attached hydrogens (primary N) is 1. The number of rotatable bonds is 4. The monoisotopic (exact) mass is 332 g/mol. The number of carbonyl (C=O) groups is 2. The molecular weight excluding hydrogens is 308 g/mol. The summed E-state index contributed by atoms with van der Waals surface area (Å²) in [7, 11) is 0. The standard InChI is InChI=1S/C18H24N2O4/c1-5-23-16(21)14-9-10-15(19)13(12-14)8-6-7-11-20-17(22)24-18(2,3)4/h9-10,12H,5,7,11,19H2,1-4H3,(H,20,22). The third kappa shape index (κ3) is 7.05. The molecule has 24 heavy (non-hydrogen) atoms. The van der Waals surface area contributed by atoms with Crippen molar-refractivity contribution < 1.29 is 19.1 Å². The van der Waals surface area contributed by atoms with Crippen molar-refractivity contribution in [3.63, 3.8) is 0 Å². The lowest BCUT2D eigenvalue weighted by Gasteiger charge is -2.19. The van der Waals surface area contributed by atoms with Crippen molar-refractivity contribution in [3.8, 4) is 11.8 Å². The maximum absolute atomic E-state index is 11.7. The van der Waals surface area contributed by atoms with Gasteiger partial charge in [0.15, 0.2) is 0 Å². The molecule has 0 atom stereocenters. The van der Waals surface area contributed by atoms with Crippen LogP contribution in [-0.2, 0) is 9.47 Å². The quantitative estimate of drug-likeness (QED) is 0.383. The van der Waals surface area contributed by atoms with Gasteiger partial charge in [-0.2, -0.15) is 0 Å². The van der Waals surface area contributed by atoms with Crippen LogP contribution in [0.3, 0.4) is 0 Å². The van der Waals surface area contributed by atoms with Gasteiger partial charge in [-0.05, 0) is 45.9 Å². The fourth-order valence-electron chi connectivity index (χ4n) is 1.70. The Morgan fingerprint density at radius 3 is 2.62 bits per heavy atom. The van der Waals surface area contributed by atoms with Gasteiger partial charge >= 0.3 is 12.1 Å². The van der Waals surface area contributed by atoms with Crippen LogP contribution in [0.4, 0.5) is 10.5 Å². The van der Waals surface area contributed by atoms with Crippen LogP contribution in [0.15, 0.2) is 18.2 Å². The van der Waals surface area contributed by atoms with Crippen molar-refractivity contribution in [1.82, 2.24) is 5.32 Å². The zero-order chi connectivity index (χ0) is 18.2. The van der Waals surface area contributed by atoms with Gasteiger partial charge in [-0.25, -0.2) is 9.59 Å². The van der Waals surface area contributed by atoms with Gasteiger partial charge in [0.2, 0.25) is 0 Å². The van der Waals surface area contributed by atoms with Gasteiger partial charge in [0, 0.05) is 24.2 Å². The highest BCUT2D eigenvalue weighted by Gasteiger charge is 2.15. The van der Waals surface area contributed by atoms with E-state index in [0.717, 1.165) is 0 Å². The van der Waals surface area contributed by atoms with Crippen molar-refractivity contribution in [3.05, 3.63) is 29.3 Å². The number of benzene rings is 1. The molecule has 6 heteroatoms. The number of alkyl carbamates (subject to hydrolysis) is 1. The fraction of sp³-hybridized carbons (Fsp3) is 0.444. The maximum atomic E-state index is 11.7. The average Bonchev–Trinajstić information content (AvgIpc) is 2.47. The second kappa shape index (κ2) is 8.82. The molecule has 0 radical (unpaired) electrons. The first kappa shape index (κ1) is 19.4. The van der Waals surface area contributed by atoms with Crippen LogP contribution < -0.4 is 11.1 Å². The van der Waals surface area contributed by atoms with E-state index in [2.05, 4.69) is 17.2 Å². The van der Waals surface area contributed by atoms with Crippen molar-refractivity contribution >= 4 is 17.7 Å². The molecule has 0 aliphatic carbocycles. The molecule has 0 fully saturated rings. The second-order valence-electron chi connectivity index (χ2n) is 6.00. The van der Waals surface area contributed by atoms with Gasteiger partial charge in [0.25, 0.3) is 0 Å². The highest BCUT2D eigenvalue weighted by Crippen LogP contribution is 2.14. The van der Waals surface area contributed by atoms with E-state index in [1.54, 1.807) is 45.9 Å². The molecule has 0 aliphatic heterocycles. The number of amides is 1. The Hall–Kier alpha value is -2.68. The third-order valence-electron chi connectivity index (χ3n) is 2.71. The minimum atomic E-state index is -0.530. The Labute approximate surface area is 142 Å². The van der Waals surface area contributed by atoms with E-state index in [1.165, 1.54) is 0 Å². The molecule has 0 unspecified atom stereocenters. The fourth-order valence-corrected chi connectivity index (χ4v) is 1.70. The van der Waals surface area contributed by atoms with E-state index in [9.17, 15) is 9.59 Å². The topological polar surface area (TPSA) is 90.6 Å². The van der Waals surface area contributed by atoms with Crippen molar-refractivity contribution in [1.29, 1.82) is 0 Å². The first-order chi connectivity index (χ1) is 11.2. The second-order valence-corrected chi connectivity index (χ2v) is 6.00. The highest BCUT2D eigenvalue weighted by atomic mass is 16.6. The smallest absolute Gasteiger partial charge is 0.407 e. The molecule has 0 heterocycles. The first-order valence-electron chi connectivity index (χ1n) is 7.75. The Balaban J connectivity index is 2.58. The number of ether oxygens (including phenoxy) is 2. The number of hydrogen-bond acceptors (Lipinski definition) is 5. The zero-order valence-electron chi connectivity index (χ0n) is 14.6. The average molecular weight is 332 g/mol. The summed E-state index contributed by atoms with van der Waals surface area (Å²) in [5.74, 6) is 5.39. The molecule has 1 rings (SSSR count). The number of nitrogens with one attached hydrogen (secondary N) is 1. The van der Waals surface area contributed by atoms with Crippen LogP contribution >= 0.6 is 0 Å². The summed E-state index contributed by atoms with van der Waals surface area (Å²) in [4.78, 5) is 23.2. The molecule has 1 aromatic carbocycles. The number of carbonyl (C=O) groups excluding carboxylic acids is 2. The summed E-state index contributed by atoms with van der Waals surface area (Å²) in [5.41, 5.74) is 6.76. The molecule has 0 saturated heterocycles. The molecule has 0 spiro atoms.